The van der Waals surface area contributed by atoms with Crippen LogP contribution in [0.2, 0.25) is 0 Å². The van der Waals surface area contributed by atoms with Gasteiger partial charge in [0.2, 0.25) is 0 Å². The summed E-state index contributed by atoms with van der Waals surface area (Å²) in [6, 6.07) is 7.98. The highest BCUT2D eigenvalue weighted by Gasteiger charge is 2.16. The van der Waals surface area contributed by atoms with Crippen LogP contribution in [-0.4, -0.2) is 50.2 Å². The van der Waals surface area contributed by atoms with Crippen LogP contribution in [-0.2, 0) is 4.74 Å². The first kappa shape index (κ1) is 16.9. The minimum absolute atomic E-state index is 0.207. The minimum atomic E-state index is -0.207. The first-order chi connectivity index (χ1) is 11.0. The summed E-state index contributed by atoms with van der Waals surface area (Å²) in [5.74, 6) is 0.980. The van der Waals surface area contributed by atoms with Gasteiger partial charge in [-0.2, -0.15) is 0 Å². The number of rotatable bonds is 6. The van der Waals surface area contributed by atoms with Crippen LogP contribution in [0.4, 0.5) is 5.82 Å². The summed E-state index contributed by atoms with van der Waals surface area (Å²) in [5.41, 5.74) is 2.54. The van der Waals surface area contributed by atoms with Crippen LogP contribution in [0.1, 0.15) is 15.9 Å². The van der Waals surface area contributed by atoms with E-state index in [1.165, 1.54) is 5.56 Å². The molecule has 0 bridgehead atoms. The topological polar surface area (TPSA) is 67.3 Å². The molecule has 122 valence electrons. The molecule has 0 saturated heterocycles. The number of hydrogen-bond acceptors (Lipinski definition) is 5. The smallest absolute Gasteiger partial charge is 0.256 e. The third kappa shape index (κ3) is 4.26. The molecule has 0 aliphatic carbocycles. The number of methoxy groups -OCH3 is 1. The van der Waals surface area contributed by atoms with E-state index in [1.54, 1.807) is 13.3 Å². The Labute approximate surface area is 136 Å². The van der Waals surface area contributed by atoms with Crippen molar-refractivity contribution in [1.29, 1.82) is 0 Å². The Kier molecular flexibility index (Phi) is 5.65. The highest BCUT2D eigenvalue weighted by atomic mass is 16.5. The highest BCUT2D eigenvalue weighted by Crippen LogP contribution is 2.21. The van der Waals surface area contributed by atoms with Gasteiger partial charge in [0.1, 0.15) is 11.4 Å². The Bertz CT molecular complexity index is 669. The number of anilines is 1. The van der Waals surface area contributed by atoms with Crippen LogP contribution in [0.25, 0.3) is 11.4 Å². The molecule has 1 amide bonds. The summed E-state index contributed by atoms with van der Waals surface area (Å²) in [7, 11) is 5.30. The molecule has 1 N–H and O–H groups in total. The molecule has 0 radical (unpaired) electrons. The highest BCUT2D eigenvalue weighted by molar-refractivity contribution is 5.98. The van der Waals surface area contributed by atoms with Crippen molar-refractivity contribution in [3.8, 4) is 11.4 Å². The normalized spacial score (nSPS) is 10.4. The number of aromatic nitrogens is 2. The number of carbonyl (C=O) groups excluding carboxylic acids is 1. The molecule has 2 rings (SSSR count). The maximum Gasteiger partial charge on any atom is 0.256 e. The van der Waals surface area contributed by atoms with Gasteiger partial charge in [0.15, 0.2) is 5.82 Å². The number of hydrogen-bond donors (Lipinski definition) is 1. The van der Waals surface area contributed by atoms with Gasteiger partial charge in [0.05, 0.1) is 6.61 Å². The number of ether oxygens (including phenoxy) is 1. The lowest BCUT2D eigenvalue weighted by atomic mass is 10.1. The largest absolute Gasteiger partial charge is 0.383 e. The quantitative estimate of drug-likeness (QED) is 0.825. The van der Waals surface area contributed by atoms with Crippen molar-refractivity contribution >= 4 is 11.7 Å². The van der Waals surface area contributed by atoms with Gasteiger partial charge >= 0.3 is 0 Å². The Morgan fingerprint density at radius 3 is 2.57 bits per heavy atom. The van der Waals surface area contributed by atoms with E-state index in [2.05, 4.69) is 15.3 Å². The maximum atomic E-state index is 12.3. The van der Waals surface area contributed by atoms with Crippen molar-refractivity contribution in [3.05, 3.63) is 41.6 Å². The molecule has 1 aromatic carbocycles. The fraction of sp³-hybridized carbons (Fsp3) is 0.353. The Balaban J connectivity index is 2.31. The summed E-state index contributed by atoms with van der Waals surface area (Å²) in [4.78, 5) is 23.0. The fourth-order valence-corrected chi connectivity index (χ4v) is 2.08. The van der Waals surface area contributed by atoms with E-state index in [0.717, 1.165) is 5.56 Å². The molecule has 0 saturated carbocycles. The minimum Gasteiger partial charge on any atom is -0.383 e. The second-order valence-electron chi connectivity index (χ2n) is 5.44. The first-order valence-corrected chi connectivity index (χ1v) is 7.41. The second kappa shape index (κ2) is 7.69. The standard InChI is InChI=1S/C17H22N4O2/c1-12-5-7-13(8-6-12)15-19-11-14(16(20-15)21(2)3)17(22)18-9-10-23-4/h5-8,11H,9-10H2,1-4H3,(H,18,22). The molecule has 6 heteroatoms. The first-order valence-electron chi connectivity index (χ1n) is 7.41. The third-order valence-corrected chi connectivity index (χ3v) is 3.34. The molecule has 0 unspecified atom stereocenters. The monoisotopic (exact) mass is 314 g/mol. The van der Waals surface area contributed by atoms with Gasteiger partial charge in [-0.15, -0.1) is 0 Å². The molecular weight excluding hydrogens is 292 g/mol. The Morgan fingerprint density at radius 2 is 1.96 bits per heavy atom. The van der Waals surface area contributed by atoms with Gasteiger partial charge in [0.25, 0.3) is 5.91 Å². The zero-order valence-electron chi connectivity index (χ0n) is 14.0. The van der Waals surface area contributed by atoms with Crippen LogP contribution >= 0.6 is 0 Å². The van der Waals surface area contributed by atoms with Crippen LogP contribution in [0, 0.1) is 6.92 Å². The van der Waals surface area contributed by atoms with Crippen LogP contribution < -0.4 is 10.2 Å². The van der Waals surface area contributed by atoms with Crippen LogP contribution in [0.5, 0.6) is 0 Å². The lowest BCUT2D eigenvalue weighted by Gasteiger charge is -2.16. The predicted molar refractivity (Wildman–Crippen MR) is 90.7 cm³/mol. The van der Waals surface area contributed by atoms with E-state index in [9.17, 15) is 4.79 Å². The van der Waals surface area contributed by atoms with E-state index in [4.69, 9.17) is 4.74 Å². The number of aryl methyl sites for hydroxylation is 1. The van der Waals surface area contributed by atoms with Gasteiger partial charge in [-0.3, -0.25) is 4.79 Å². The van der Waals surface area contributed by atoms with Gasteiger partial charge in [-0.05, 0) is 6.92 Å². The van der Waals surface area contributed by atoms with Crippen molar-refractivity contribution in [2.24, 2.45) is 0 Å². The number of carbonyl (C=O) groups is 1. The number of nitrogens with one attached hydrogen (secondary N) is 1. The number of benzene rings is 1. The molecule has 0 fully saturated rings. The van der Waals surface area contributed by atoms with Gasteiger partial charge in [0, 0.05) is 39.5 Å². The van der Waals surface area contributed by atoms with Crippen molar-refractivity contribution in [3.63, 3.8) is 0 Å². The average Bonchev–Trinajstić information content (AvgIpc) is 2.55. The lowest BCUT2D eigenvalue weighted by molar-refractivity contribution is 0.0937. The van der Waals surface area contributed by atoms with E-state index >= 15 is 0 Å². The molecule has 6 nitrogen and oxygen atoms in total. The van der Waals surface area contributed by atoms with Crippen molar-refractivity contribution in [2.45, 2.75) is 6.92 Å². The summed E-state index contributed by atoms with van der Waals surface area (Å²) in [6.45, 7) is 2.94. The molecule has 0 aliphatic heterocycles. The summed E-state index contributed by atoms with van der Waals surface area (Å²) >= 11 is 0. The summed E-state index contributed by atoms with van der Waals surface area (Å²) < 4.78 is 4.94. The molecule has 23 heavy (non-hydrogen) atoms. The zero-order valence-corrected chi connectivity index (χ0v) is 14.0. The summed E-state index contributed by atoms with van der Waals surface area (Å²) in [5, 5.41) is 2.79. The fourth-order valence-electron chi connectivity index (χ4n) is 2.08. The molecule has 0 atom stereocenters. The third-order valence-electron chi connectivity index (χ3n) is 3.34. The zero-order chi connectivity index (χ0) is 16.8. The SMILES string of the molecule is COCCNC(=O)c1cnc(-c2ccc(C)cc2)nc1N(C)C. The Morgan fingerprint density at radius 1 is 1.26 bits per heavy atom. The van der Waals surface area contributed by atoms with Crippen molar-refractivity contribution in [2.75, 3.05) is 39.3 Å². The Hall–Kier alpha value is -2.47. The predicted octanol–water partition coefficient (Wildman–Crippen LogP) is 1.89. The van der Waals surface area contributed by atoms with Crippen molar-refractivity contribution < 1.29 is 9.53 Å². The number of amides is 1. The molecular formula is C17H22N4O2. The molecule has 1 aromatic heterocycles. The van der Waals surface area contributed by atoms with Crippen LogP contribution in [0.15, 0.2) is 30.5 Å². The second-order valence-corrected chi connectivity index (χ2v) is 5.44. The van der Waals surface area contributed by atoms with Gasteiger partial charge in [-0.25, -0.2) is 9.97 Å². The lowest BCUT2D eigenvalue weighted by Crippen LogP contribution is -2.29. The van der Waals surface area contributed by atoms with Crippen LogP contribution in [0.3, 0.4) is 0 Å². The van der Waals surface area contributed by atoms with E-state index in [-0.39, 0.29) is 5.91 Å². The van der Waals surface area contributed by atoms with Gasteiger partial charge in [-0.1, -0.05) is 29.8 Å². The van der Waals surface area contributed by atoms with E-state index in [0.29, 0.717) is 30.4 Å². The molecule has 1 heterocycles. The molecule has 2 aromatic rings. The van der Waals surface area contributed by atoms with E-state index in [1.807, 2.05) is 50.2 Å². The average molecular weight is 314 g/mol. The summed E-state index contributed by atoms with van der Waals surface area (Å²) in [6.07, 6.45) is 1.57. The van der Waals surface area contributed by atoms with E-state index < -0.39 is 0 Å². The molecule has 0 spiro atoms. The number of nitrogens with zero attached hydrogens (tertiary/aromatic N) is 3. The maximum absolute atomic E-state index is 12.3. The van der Waals surface area contributed by atoms with Gasteiger partial charge < -0.3 is 15.0 Å². The van der Waals surface area contributed by atoms with Crippen molar-refractivity contribution in [1.82, 2.24) is 15.3 Å². The molecule has 0 aliphatic rings.